The Kier molecular flexibility index (Phi) is 7.33. The van der Waals surface area contributed by atoms with Crippen LogP contribution >= 0.6 is 0 Å². The van der Waals surface area contributed by atoms with Crippen molar-refractivity contribution < 1.29 is 9.90 Å². The number of carbonyl (C=O) groups is 1. The van der Waals surface area contributed by atoms with Crippen LogP contribution in [0.4, 0.5) is 0 Å². The fourth-order valence-corrected chi connectivity index (χ4v) is 2.10. The molecule has 122 valence electrons. The van der Waals surface area contributed by atoms with Crippen molar-refractivity contribution in [3.63, 3.8) is 0 Å². The molecule has 0 unspecified atom stereocenters. The van der Waals surface area contributed by atoms with E-state index in [0.29, 0.717) is 25.3 Å². The molecule has 0 aromatic heterocycles. The Bertz CT molecular complexity index is 487. The molecule has 1 amide bonds. The van der Waals surface area contributed by atoms with E-state index in [2.05, 4.69) is 43.4 Å². The van der Waals surface area contributed by atoms with Gasteiger partial charge in [-0.1, -0.05) is 64.1 Å². The molecule has 0 aliphatic carbocycles. The molecule has 1 rings (SSSR count). The Morgan fingerprint density at radius 1 is 1.27 bits per heavy atom. The SMILES string of the molecule is CC(C)c1ccc(/C=C/CC(=O)NCC(C)(C)CCO)cc1. The first-order chi connectivity index (χ1) is 10.3. The highest BCUT2D eigenvalue weighted by Gasteiger charge is 2.17. The molecule has 0 spiro atoms. The van der Waals surface area contributed by atoms with E-state index in [1.807, 2.05) is 26.0 Å². The molecule has 3 heteroatoms. The monoisotopic (exact) mass is 303 g/mol. The van der Waals surface area contributed by atoms with Crippen molar-refractivity contribution in [1.29, 1.82) is 0 Å². The van der Waals surface area contributed by atoms with Gasteiger partial charge in [-0.2, -0.15) is 0 Å². The third-order valence-electron chi connectivity index (χ3n) is 3.77. The number of aliphatic hydroxyl groups is 1. The first-order valence-corrected chi connectivity index (χ1v) is 7.98. The van der Waals surface area contributed by atoms with Crippen LogP contribution in [0.5, 0.6) is 0 Å². The normalized spacial score (nSPS) is 12.1. The van der Waals surface area contributed by atoms with E-state index in [-0.39, 0.29) is 17.9 Å². The standard InChI is InChI=1S/C19H29NO2/c1-15(2)17-10-8-16(9-11-17)6-5-7-18(22)20-14-19(3,4)12-13-21/h5-6,8-11,15,21H,7,12-14H2,1-4H3,(H,20,22)/b6-5+. The lowest BCUT2D eigenvalue weighted by atomic mass is 9.90. The second-order valence-corrected chi connectivity index (χ2v) is 6.84. The largest absolute Gasteiger partial charge is 0.396 e. The number of carbonyl (C=O) groups excluding carboxylic acids is 1. The summed E-state index contributed by atoms with van der Waals surface area (Å²) in [7, 11) is 0. The minimum Gasteiger partial charge on any atom is -0.396 e. The van der Waals surface area contributed by atoms with E-state index < -0.39 is 0 Å². The predicted octanol–water partition coefficient (Wildman–Crippen LogP) is 3.74. The Morgan fingerprint density at radius 2 is 1.91 bits per heavy atom. The van der Waals surface area contributed by atoms with Gasteiger partial charge in [0.15, 0.2) is 0 Å². The summed E-state index contributed by atoms with van der Waals surface area (Å²) in [6, 6.07) is 8.41. The van der Waals surface area contributed by atoms with Crippen LogP contribution in [-0.4, -0.2) is 24.2 Å². The molecule has 0 aliphatic rings. The van der Waals surface area contributed by atoms with Crippen LogP contribution in [0.25, 0.3) is 6.08 Å². The quantitative estimate of drug-likeness (QED) is 0.768. The molecule has 1 aromatic rings. The summed E-state index contributed by atoms with van der Waals surface area (Å²) in [6.07, 6.45) is 4.92. The van der Waals surface area contributed by atoms with E-state index >= 15 is 0 Å². The molecule has 0 bridgehead atoms. The minimum absolute atomic E-state index is 0.0149. The number of amides is 1. The molecule has 0 saturated carbocycles. The fourth-order valence-electron chi connectivity index (χ4n) is 2.10. The van der Waals surface area contributed by atoms with Crippen molar-refractivity contribution in [2.24, 2.45) is 5.41 Å². The van der Waals surface area contributed by atoms with Crippen molar-refractivity contribution in [2.75, 3.05) is 13.2 Å². The lowest BCUT2D eigenvalue weighted by molar-refractivity contribution is -0.120. The van der Waals surface area contributed by atoms with Gasteiger partial charge in [0.1, 0.15) is 0 Å². The molecule has 22 heavy (non-hydrogen) atoms. The molecule has 0 aliphatic heterocycles. The maximum atomic E-state index is 11.8. The average Bonchev–Trinajstić information content (AvgIpc) is 2.46. The molecule has 0 radical (unpaired) electrons. The summed E-state index contributed by atoms with van der Waals surface area (Å²) in [6.45, 7) is 9.16. The van der Waals surface area contributed by atoms with Crippen LogP contribution in [0.2, 0.25) is 0 Å². The number of rotatable bonds is 8. The highest BCUT2D eigenvalue weighted by molar-refractivity contribution is 5.78. The van der Waals surface area contributed by atoms with Gasteiger partial charge in [-0.05, 0) is 28.9 Å². The number of nitrogens with one attached hydrogen (secondary N) is 1. The van der Waals surface area contributed by atoms with Gasteiger partial charge in [-0.25, -0.2) is 0 Å². The minimum atomic E-state index is -0.0686. The van der Waals surface area contributed by atoms with Crippen LogP contribution in [0.1, 0.15) is 57.6 Å². The number of aliphatic hydroxyl groups excluding tert-OH is 1. The summed E-state index contributed by atoms with van der Waals surface area (Å²) in [5.41, 5.74) is 2.36. The number of benzene rings is 1. The van der Waals surface area contributed by atoms with Crippen LogP contribution in [0.15, 0.2) is 30.3 Å². The van der Waals surface area contributed by atoms with E-state index in [1.54, 1.807) is 0 Å². The zero-order chi connectivity index (χ0) is 16.6. The van der Waals surface area contributed by atoms with E-state index in [4.69, 9.17) is 5.11 Å². The molecular weight excluding hydrogens is 274 g/mol. The molecular formula is C19H29NO2. The topological polar surface area (TPSA) is 49.3 Å². The van der Waals surface area contributed by atoms with Crippen LogP contribution in [0, 0.1) is 5.41 Å². The molecule has 2 N–H and O–H groups in total. The molecule has 0 saturated heterocycles. The predicted molar refractivity (Wildman–Crippen MR) is 92.7 cm³/mol. The molecule has 3 nitrogen and oxygen atoms in total. The summed E-state index contributed by atoms with van der Waals surface area (Å²) in [4.78, 5) is 11.8. The third kappa shape index (κ3) is 6.90. The summed E-state index contributed by atoms with van der Waals surface area (Å²) >= 11 is 0. The van der Waals surface area contributed by atoms with E-state index in [1.165, 1.54) is 5.56 Å². The fraction of sp³-hybridized carbons (Fsp3) is 0.526. The van der Waals surface area contributed by atoms with Crippen LogP contribution in [-0.2, 0) is 4.79 Å². The Balaban J connectivity index is 2.40. The Hall–Kier alpha value is -1.61. The average molecular weight is 303 g/mol. The van der Waals surface area contributed by atoms with Crippen molar-refractivity contribution in [3.8, 4) is 0 Å². The van der Waals surface area contributed by atoms with Gasteiger partial charge >= 0.3 is 0 Å². The Morgan fingerprint density at radius 3 is 2.45 bits per heavy atom. The zero-order valence-electron chi connectivity index (χ0n) is 14.2. The highest BCUT2D eigenvalue weighted by Crippen LogP contribution is 2.18. The van der Waals surface area contributed by atoms with Crippen LogP contribution in [0.3, 0.4) is 0 Å². The number of hydrogen-bond donors (Lipinski definition) is 2. The van der Waals surface area contributed by atoms with Gasteiger partial charge in [-0.3, -0.25) is 4.79 Å². The van der Waals surface area contributed by atoms with Gasteiger partial charge in [0.05, 0.1) is 0 Å². The molecule has 1 aromatic carbocycles. The second-order valence-electron chi connectivity index (χ2n) is 6.84. The summed E-state index contributed by atoms with van der Waals surface area (Å²) in [5.74, 6) is 0.548. The van der Waals surface area contributed by atoms with Crippen molar-refractivity contribution in [1.82, 2.24) is 5.32 Å². The first-order valence-electron chi connectivity index (χ1n) is 7.98. The van der Waals surface area contributed by atoms with Gasteiger partial charge in [0.25, 0.3) is 0 Å². The maximum Gasteiger partial charge on any atom is 0.223 e. The maximum absolute atomic E-state index is 11.8. The summed E-state index contributed by atoms with van der Waals surface area (Å²) < 4.78 is 0. The van der Waals surface area contributed by atoms with Crippen LogP contribution < -0.4 is 5.32 Å². The highest BCUT2D eigenvalue weighted by atomic mass is 16.3. The molecule has 0 fully saturated rings. The van der Waals surface area contributed by atoms with Gasteiger partial charge in [0.2, 0.25) is 5.91 Å². The van der Waals surface area contributed by atoms with Gasteiger partial charge < -0.3 is 10.4 Å². The van der Waals surface area contributed by atoms with E-state index in [0.717, 1.165) is 5.56 Å². The van der Waals surface area contributed by atoms with Crippen molar-refractivity contribution in [2.45, 2.75) is 46.5 Å². The van der Waals surface area contributed by atoms with Gasteiger partial charge in [0, 0.05) is 19.6 Å². The van der Waals surface area contributed by atoms with Crippen molar-refractivity contribution >= 4 is 12.0 Å². The Labute approximate surface area is 134 Å². The summed E-state index contributed by atoms with van der Waals surface area (Å²) in [5, 5.41) is 11.9. The van der Waals surface area contributed by atoms with Crippen molar-refractivity contribution in [3.05, 3.63) is 41.5 Å². The molecule has 0 heterocycles. The molecule has 0 atom stereocenters. The number of hydrogen-bond acceptors (Lipinski definition) is 2. The zero-order valence-corrected chi connectivity index (χ0v) is 14.2. The lowest BCUT2D eigenvalue weighted by Crippen LogP contribution is -2.34. The van der Waals surface area contributed by atoms with E-state index in [9.17, 15) is 4.79 Å². The first kappa shape index (κ1) is 18.4. The smallest absolute Gasteiger partial charge is 0.223 e. The second kappa shape index (κ2) is 8.74. The van der Waals surface area contributed by atoms with Gasteiger partial charge in [-0.15, -0.1) is 0 Å². The third-order valence-corrected chi connectivity index (χ3v) is 3.77. The lowest BCUT2D eigenvalue weighted by Gasteiger charge is -2.23.